The maximum absolute atomic E-state index is 13.0. The predicted octanol–water partition coefficient (Wildman–Crippen LogP) is 19.7. The Hall–Kier alpha value is -2.12. The van der Waals surface area contributed by atoms with Crippen LogP contribution in [0.3, 0.4) is 0 Å². The fourth-order valence-corrected chi connectivity index (χ4v) is 12.1. The van der Waals surface area contributed by atoms with Gasteiger partial charge in [0.25, 0.3) is 0 Å². The van der Waals surface area contributed by atoms with Gasteiger partial charge < -0.3 is 45.1 Å². The molecule has 1 fully saturated rings. The summed E-state index contributed by atoms with van der Waals surface area (Å²) >= 11 is 0. The smallest absolute Gasteiger partial charge is 0.305 e. The molecule has 11 nitrogen and oxygen atoms in total. The Morgan fingerprint density at radius 2 is 0.759 bits per heavy atom. The highest BCUT2D eigenvalue weighted by atomic mass is 16.7. The van der Waals surface area contributed by atoms with Gasteiger partial charge in [-0.2, -0.15) is 0 Å². The van der Waals surface area contributed by atoms with Gasteiger partial charge in [0, 0.05) is 12.8 Å². The topological polar surface area (TPSA) is 175 Å². The summed E-state index contributed by atoms with van der Waals surface area (Å²) in [5.74, 6) is -0.174. The SMILES string of the molecule is CC/C=C/CC/C=C/CC/C=C/C(O)C(COC1OC(CO)C(O)C(O)C1O)NC(=O)CCCCCCCCCCCCCCCCCCCCCCCCCCCCCCCCCCCCCCCOC(=O)CCCCCCCCCCCCCC. The van der Waals surface area contributed by atoms with E-state index in [0.29, 0.717) is 19.4 Å². The zero-order valence-corrected chi connectivity index (χ0v) is 57.0. The van der Waals surface area contributed by atoms with Crippen LogP contribution in [0.1, 0.15) is 373 Å². The van der Waals surface area contributed by atoms with Crippen LogP contribution in [0.2, 0.25) is 0 Å². The van der Waals surface area contributed by atoms with E-state index in [0.717, 1.165) is 64.2 Å². The molecule has 0 aromatic heterocycles. The van der Waals surface area contributed by atoms with Gasteiger partial charge in [0.2, 0.25) is 5.91 Å². The predicted molar refractivity (Wildman–Crippen MR) is 366 cm³/mol. The molecule has 7 atom stereocenters. The third kappa shape index (κ3) is 54.2. The molecule has 1 aliphatic rings. The van der Waals surface area contributed by atoms with E-state index in [1.807, 2.05) is 6.08 Å². The third-order valence-corrected chi connectivity index (χ3v) is 18.0. The van der Waals surface area contributed by atoms with Gasteiger partial charge >= 0.3 is 5.97 Å². The molecule has 0 aliphatic carbocycles. The van der Waals surface area contributed by atoms with Crippen molar-refractivity contribution in [2.45, 2.75) is 416 Å². The molecule has 0 aromatic carbocycles. The first-order valence-corrected chi connectivity index (χ1v) is 37.8. The number of hydrogen-bond donors (Lipinski definition) is 6. The van der Waals surface area contributed by atoms with Crippen molar-refractivity contribution in [2.24, 2.45) is 0 Å². The Kier molecular flexibility index (Phi) is 62.3. The Bertz CT molecular complexity index is 1540. The van der Waals surface area contributed by atoms with Crippen LogP contribution >= 0.6 is 0 Å². The fraction of sp³-hybridized carbons (Fsp3) is 0.895. The van der Waals surface area contributed by atoms with Gasteiger partial charge in [-0.3, -0.25) is 9.59 Å². The molecule has 0 radical (unpaired) electrons. The molecule has 0 aromatic rings. The molecule has 11 heteroatoms. The summed E-state index contributed by atoms with van der Waals surface area (Å²) in [6, 6.07) is -0.829. The lowest BCUT2D eigenvalue weighted by molar-refractivity contribution is -0.302. The van der Waals surface area contributed by atoms with Crippen LogP contribution in [0.4, 0.5) is 0 Å². The monoisotopic (exact) mass is 1230 g/mol. The van der Waals surface area contributed by atoms with Gasteiger partial charge in [-0.15, -0.1) is 0 Å². The molecule has 0 saturated carbocycles. The average molecular weight is 1230 g/mol. The minimum atomic E-state index is -1.58. The number of allylic oxidation sites excluding steroid dienone is 5. The molecule has 1 saturated heterocycles. The Balaban J connectivity index is 1.87. The molecular weight excluding hydrogens is 1090 g/mol. The number of carbonyl (C=O) groups excluding carboxylic acids is 2. The molecule has 0 spiro atoms. The highest BCUT2D eigenvalue weighted by molar-refractivity contribution is 5.76. The highest BCUT2D eigenvalue weighted by Crippen LogP contribution is 2.24. The van der Waals surface area contributed by atoms with Gasteiger partial charge in [-0.25, -0.2) is 0 Å². The minimum absolute atomic E-state index is 0.0180. The van der Waals surface area contributed by atoms with E-state index in [1.165, 1.54) is 283 Å². The zero-order valence-electron chi connectivity index (χ0n) is 57.0. The summed E-state index contributed by atoms with van der Waals surface area (Å²) in [6.07, 6.45) is 74.8. The van der Waals surface area contributed by atoms with Gasteiger partial charge in [-0.1, -0.05) is 346 Å². The first-order valence-electron chi connectivity index (χ1n) is 37.8. The van der Waals surface area contributed by atoms with E-state index in [9.17, 15) is 35.1 Å². The number of rotatable bonds is 67. The third-order valence-electron chi connectivity index (χ3n) is 18.0. The first-order chi connectivity index (χ1) is 42.7. The molecular formula is C76H143NO10. The van der Waals surface area contributed by atoms with E-state index >= 15 is 0 Å². The van der Waals surface area contributed by atoms with Crippen molar-refractivity contribution in [3.05, 3.63) is 36.5 Å². The average Bonchev–Trinajstić information content (AvgIpc) is 3.72. The van der Waals surface area contributed by atoms with Crippen molar-refractivity contribution in [1.82, 2.24) is 5.32 Å². The summed E-state index contributed by atoms with van der Waals surface area (Å²) in [4.78, 5) is 25.1. The lowest BCUT2D eigenvalue weighted by atomic mass is 9.99. The van der Waals surface area contributed by atoms with Crippen LogP contribution in [0.25, 0.3) is 0 Å². The Labute approximate surface area is 536 Å². The molecule has 87 heavy (non-hydrogen) atoms. The van der Waals surface area contributed by atoms with E-state index in [4.69, 9.17) is 14.2 Å². The minimum Gasteiger partial charge on any atom is -0.466 e. The number of aliphatic hydroxyl groups excluding tert-OH is 5. The van der Waals surface area contributed by atoms with Crippen molar-refractivity contribution < 1.29 is 49.3 Å². The van der Waals surface area contributed by atoms with Gasteiger partial charge in [0.15, 0.2) is 6.29 Å². The van der Waals surface area contributed by atoms with E-state index < -0.39 is 49.5 Å². The van der Waals surface area contributed by atoms with Crippen LogP contribution < -0.4 is 5.32 Å². The number of hydrogen-bond acceptors (Lipinski definition) is 10. The highest BCUT2D eigenvalue weighted by Gasteiger charge is 2.44. The molecule has 512 valence electrons. The van der Waals surface area contributed by atoms with Crippen molar-refractivity contribution in [3.8, 4) is 0 Å². The maximum atomic E-state index is 13.0. The number of carbonyl (C=O) groups is 2. The number of amides is 1. The largest absolute Gasteiger partial charge is 0.466 e. The summed E-state index contributed by atoms with van der Waals surface area (Å²) < 4.78 is 16.7. The van der Waals surface area contributed by atoms with Crippen LogP contribution in [-0.4, -0.2) is 100 Å². The van der Waals surface area contributed by atoms with Gasteiger partial charge in [0.05, 0.1) is 32.0 Å². The second kappa shape index (κ2) is 65.4. The van der Waals surface area contributed by atoms with E-state index in [2.05, 4.69) is 43.5 Å². The lowest BCUT2D eigenvalue weighted by Gasteiger charge is -2.40. The first kappa shape index (κ1) is 82.9. The number of unbranched alkanes of at least 4 members (excludes halogenated alkanes) is 49. The lowest BCUT2D eigenvalue weighted by Crippen LogP contribution is -2.60. The van der Waals surface area contributed by atoms with Crippen molar-refractivity contribution >= 4 is 11.9 Å². The molecule has 6 N–H and O–H groups in total. The van der Waals surface area contributed by atoms with Crippen LogP contribution in [0.5, 0.6) is 0 Å². The molecule has 7 unspecified atom stereocenters. The van der Waals surface area contributed by atoms with Crippen LogP contribution in [-0.2, 0) is 23.8 Å². The van der Waals surface area contributed by atoms with Crippen molar-refractivity contribution in [3.63, 3.8) is 0 Å². The summed E-state index contributed by atoms with van der Waals surface area (Å²) in [6.45, 7) is 4.24. The van der Waals surface area contributed by atoms with Crippen LogP contribution in [0.15, 0.2) is 36.5 Å². The molecule has 1 aliphatic heterocycles. The Morgan fingerprint density at radius 3 is 1.13 bits per heavy atom. The molecule has 1 heterocycles. The normalized spacial score (nSPS) is 18.0. The number of ether oxygens (including phenoxy) is 3. The number of aliphatic hydroxyl groups is 5. The zero-order chi connectivity index (χ0) is 63.0. The molecule has 0 bridgehead atoms. The Morgan fingerprint density at radius 1 is 0.425 bits per heavy atom. The summed E-state index contributed by atoms with van der Waals surface area (Å²) in [7, 11) is 0. The van der Waals surface area contributed by atoms with Gasteiger partial charge in [0.1, 0.15) is 24.4 Å². The van der Waals surface area contributed by atoms with E-state index in [1.54, 1.807) is 6.08 Å². The van der Waals surface area contributed by atoms with Crippen molar-refractivity contribution in [2.75, 3.05) is 19.8 Å². The molecule has 1 amide bonds. The molecule has 1 rings (SSSR count). The van der Waals surface area contributed by atoms with Crippen LogP contribution in [0, 0.1) is 0 Å². The summed E-state index contributed by atoms with van der Waals surface area (Å²) in [5.41, 5.74) is 0. The van der Waals surface area contributed by atoms with Gasteiger partial charge in [-0.05, 0) is 51.4 Å². The fourth-order valence-electron chi connectivity index (χ4n) is 12.1. The maximum Gasteiger partial charge on any atom is 0.305 e. The number of esters is 1. The summed E-state index contributed by atoms with van der Waals surface area (Å²) in [5, 5.41) is 54.3. The number of nitrogens with one attached hydrogen (secondary N) is 1. The second-order valence-electron chi connectivity index (χ2n) is 26.3. The van der Waals surface area contributed by atoms with Crippen molar-refractivity contribution in [1.29, 1.82) is 0 Å². The van der Waals surface area contributed by atoms with E-state index in [-0.39, 0.29) is 18.5 Å². The quantitative estimate of drug-likeness (QED) is 0.0195. The standard InChI is InChI=1S/C76H143NO10/c1-3-5-7-9-11-13-15-44-48-52-56-60-64-72(81)85-65-61-57-53-49-45-42-40-38-36-34-32-30-28-26-24-22-20-18-16-17-19-21-23-25-27-29-31-33-35-37-39-41-43-47-51-55-59-63-71(80)77-68(67-86-76-75(84)74(83)73(82)70(66-78)87-76)69(79)62-58-54-50-46-14-12-10-8-6-4-2/h6,8,14,46,58,62,68-70,73-76,78-79,82-84H,3-5,7,9-13,15-45,47-57,59-61,63-67H2,1-2H3,(H,77,80)/b8-6+,46-14+,62-58+. The second-order valence-corrected chi connectivity index (χ2v) is 26.3.